The molecule has 3 N–H and O–H groups in total. The second-order valence-electron chi connectivity index (χ2n) is 5.87. The minimum atomic E-state index is -0.241. The molecule has 1 atom stereocenters. The third kappa shape index (κ3) is 2.69. The van der Waals surface area contributed by atoms with Crippen LogP contribution in [0.15, 0.2) is 57.8 Å². The topological polar surface area (TPSA) is 80.1 Å². The van der Waals surface area contributed by atoms with Crippen LogP contribution in [-0.4, -0.2) is 5.71 Å². The highest BCUT2D eigenvalue weighted by Gasteiger charge is 2.15. The zero-order chi connectivity index (χ0) is 16.7. The summed E-state index contributed by atoms with van der Waals surface area (Å²) in [5.41, 5.74) is 9.90. The molecule has 1 aromatic carbocycles. The summed E-state index contributed by atoms with van der Waals surface area (Å²) < 4.78 is 6.00. The smallest absolute Gasteiger partial charge is 0.193 e. The van der Waals surface area contributed by atoms with E-state index in [1.54, 1.807) is 18.2 Å². The molecular formula is C19H18N2O2. The van der Waals surface area contributed by atoms with Gasteiger partial charge in [-0.05, 0) is 49.3 Å². The largest absolute Gasteiger partial charge is 0.455 e. The monoisotopic (exact) mass is 306 g/mol. The number of aryl methyl sites for hydroxylation is 1. The van der Waals surface area contributed by atoms with Crippen molar-refractivity contribution in [3.63, 3.8) is 0 Å². The van der Waals surface area contributed by atoms with Crippen molar-refractivity contribution in [2.24, 2.45) is 5.73 Å². The molecule has 4 nitrogen and oxygen atoms in total. The van der Waals surface area contributed by atoms with E-state index in [0.29, 0.717) is 28.0 Å². The van der Waals surface area contributed by atoms with E-state index in [4.69, 9.17) is 15.6 Å². The number of fused-ring (bicyclic) bond motifs is 1. The SMILES string of the molecule is C=C1C=C(c2cc(=O)c3cc(C)cc(C(C)N)c3o2)C=CC1=N. The predicted octanol–water partition coefficient (Wildman–Crippen LogP) is 3.65. The molecule has 23 heavy (non-hydrogen) atoms. The fraction of sp³-hybridized carbons (Fsp3) is 0.158. The van der Waals surface area contributed by atoms with E-state index >= 15 is 0 Å². The molecule has 0 aliphatic heterocycles. The lowest BCUT2D eigenvalue weighted by molar-refractivity contribution is 0.578. The molecule has 0 fully saturated rings. The molecule has 0 spiro atoms. The second kappa shape index (κ2) is 5.48. The number of nitrogens with two attached hydrogens (primary N) is 1. The van der Waals surface area contributed by atoms with Gasteiger partial charge in [-0.2, -0.15) is 0 Å². The molecule has 1 aromatic heterocycles. The molecule has 3 rings (SSSR count). The van der Waals surface area contributed by atoms with Crippen molar-refractivity contribution in [1.29, 1.82) is 5.41 Å². The fourth-order valence-electron chi connectivity index (χ4n) is 2.66. The average molecular weight is 306 g/mol. The molecule has 4 heteroatoms. The van der Waals surface area contributed by atoms with Crippen LogP contribution < -0.4 is 11.2 Å². The maximum atomic E-state index is 12.5. The lowest BCUT2D eigenvalue weighted by Gasteiger charge is -2.13. The molecule has 1 aliphatic carbocycles. The molecule has 2 aromatic rings. The Morgan fingerprint density at radius 2 is 2.00 bits per heavy atom. The summed E-state index contributed by atoms with van der Waals surface area (Å²) in [6.07, 6.45) is 5.14. The Morgan fingerprint density at radius 1 is 1.26 bits per heavy atom. The number of allylic oxidation sites excluding steroid dienone is 5. The van der Waals surface area contributed by atoms with Crippen molar-refractivity contribution in [2.45, 2.75) is 19.9 Å². The highest BCUT2D eigenvalue weighted by Crippen LogP contribution is 2.28. The van der Waals surface area contributed by atoms with Crippen molar-refractivity contribution in [1.82, 2.24) is 0 Å². The Kier molecular flexibility index (Phi) is 3.62. The summed E-state index contributed by atoms with van der Waals surface area (Å²) in [5.74, 6) is 0.457. The van der Waals surface area contributed by atoms with Crippen LogP contribution in [0.2, 0.25) is 0 Å². The van der Waals surface area contributed by atoms with Gasteiger partial charge in [0, 0.05) is 23.2 Å². The second-order valence-corrected chi connectivity index (χ2v) is 5.87. The van der Waals surface area contributed by atoms with Crippen molar-refractivity contribution >= 4 is 22.3 Å². The van der Waals surface area contributed by atoms with Crippen LogP contribution in [0.1, 0.15) is 29.9 Å². The van der Waals surface area contributed by atoms with Gasteiger partial charge in [-0.3, -0.25) is 4.79 Å². The maximum Gasteiger partial charge on any atom is 0.193 e. The molecule has 1 unspecified atom stereocenters. The van der Waals surface area contributed by atoms with Crippen molar-refractivity contribution in [3.05, 3.63) is 75.7 Å². The van der Waals surface area contributed by atoms with Crippen LogP contribution >= 0.6 is 0 Å². The van der Waals surface area contributed by atoms with E-state index in [2.05, 4.69) is 6.58 Å². The van der Waals surface area contributed by atoms with Crippen molar-refractivity contribution in [2.75, 3.05) is 0 Å². The van der Waals surface area contributed by atoms with Gasteiger partial charge < -0.3 is 15.6 Å². The number of hydrogen-bond acceptors (Lipinski definition) is 4. The van der Waals surface area contributed by atoms with Gasteiger partial charge in [-0.25, -0.2) is 0 Å². The highest BCUT2D eigenvalue weighted by atomic mass is 16.3. The molecule has 0 amide bonds. The van der Waals surface area contributed by atoms with Gasteiger partial charge in [0.15, 0.2) is 5.43 Å². The third-order valence-corrected chi connectivity index (χ3v) is 3.88. The molecule has 0 bridgehead atoms. The van der Waals surface area contributed by atoms with Crippen LogP contribution in [0.5, 0.6) is 0 Å². The Balaban J connectivity index is 2.28. The predicted molar refractivity (Wildman–Crippen MR) is 93.8 cm³/mol. The number of benzene rings is 1. The van der Waals surface area contributed by atoms with Gasteiger partial charge in [0.2, 0.25) is 0 Å². The summed E-state index contributed by atoms with van der Waals surface area (Å²) in [4.78, 5) is 12.5. The number of rotatable bonds is 2. The lowest BCUT2D eigenvalue weighted by atomic mass is 9.98. The van der Waals surface area contributed by atoms with Gasteiger partial charge >= 0.3 is 0 Å². The number of nitrogens with one attached hydrogen (secondary N) is 1. The molecule has 1 heterocycles. The van der Waals surface area contributed by atoms with Gasteiger partial charge in [-0.1, -0.05) is 12.6 Å². The summed E-state index contributed by atoms with van der Waals surface area (Å²) in [5, 5.41) is 8.23. The Labute approximate surface area is 134 Å². The Morgan fingerprint density at radius 3 is 2.65 bits per heavy atom. The zero-order valence-corrected chi connectivity index (χ0v) is 13.1. The summed E-state index contributed by atoms with van der Waals surface area (Å²) in [6, 6.07) is 5.00. The van der Waals surface area contributed by atoms with Crippen LogP contribution in [0.3, 0.4) is 0 Å². The first-order valence-electron chi connectivity index (χ1n) is 7.39. The van der Waals surface area contributed by atoms with E-state index in [9.17, 15) is 4.79 Å². The fourth-order valence-corrected chi connectivity index (χ4v) is 2.66. The normalized spacial score (nSPS) is 15.9. The molecule has 116 valence electrons. The lowest BCUT2D eigenvalue weighted by Crippen LogP contribution is -2.10. The first kappa shape index (κ1) is 15.2. The van der Waals surface area contributed by atoms with E-state index in [-0.39, 0.29) is 11.5 Å². The molecule has 0 saturated heterocycles. The van der Waals surface area contributed by atoms with Gasteiger partial charge in [0.05, 0.1) is 11.1 Å². The van der Waals surface area contributed by atoms with E-state index < -0.39 is 0 Å². The maximum absolute atomic E-state index is 12.5. The van der Waals surface area contributed by atoms with E-state index in [1.807, 2.05) is 26.0 Å². The third-order valence-electron chi connectivity index (χ3n) is 3.88. The van der Waals surface area contributed by atoms with Crippen LogP contribution in [-0.2, 0) is 0 Å². The van der Waals surface area contributed by atoms with E-state index in [1.165, 1.54) is 6.07 Å². The van der Waals surface area contributed by atoms with Crippen LogP contribution in [0.4, 0.5) is 0 Å². The minimum absolute atomic E-state index is 0.104. The first-order chi connectivity index (χ1) is 10.9. The number of hydrogen-bond donors (Lipinski definition) is 2. The standard InChI is InChI=1S/C19H18N2O2/c1-10-6-14(12(3)20)19-15(7-10)17(22)9-18(23-19)13-4-5-16(21)11(2)8-13/h4-9,12,21H,2,20H2,1,3H3. The van der Waals surface area contributed by atoms with Gasteiger partial charge in [-0.15, -0.1) is 0 Å². The van der Waals surface area contributed by atoms with E-state index in [0.717, 1.165) is 16.7 Å². The quantitative estimate of drug-likeness (QED) is 0.888. The minimum Gasteiger partial charge on any atom is -0.455 e. The summed E-state index contributed by atoms with van der Waals surface area (Å²) >= 11 is 0. The average Bonchev–Trinajstić information content (AvgIpc) is 2.49. The zero-order valence-electron chi connectivity index (χ0n) is 13.1. The first-order valence-corrected chi connectivity index (χ1v) is 7.39. The van der Waals surface area contributed by atoms with Gasteiger partial charge in [0.1, 0.15) is 11.3 Å². The van der Waals surface area contributed by atoms with Crippen LogP contribution in [0.25, 0.3) is 16.5 Å². The molecule has 1 aliphatic rings. The molecule has 0 saturated carbocycles. The summed E-state index contributed by atoms with van der Waals surface area (Å²) in [6.45, 7) is 7.62. The van der Waals surface area contributed by atoms with Crippen molar-refractivity contribution < 1.29 is 4.42 Å². The molecule has 0 radical (unpaired) electrons. The Hall–Kier alpha value is -2.72. The summed E-state index contributed by atoms with van der Waals surface area (Å²) in [7, 11) is 0. The van der Waals surface area contributed by atoms with Crippen LogP contribution in [0, 0.1) is 12.3 Å². The highest BCUT2D eigenvalue weighted by molar-refractivity contribution is 6.12. The van der Waals surface area contributed by atoms with Gasteiger partial charge in [0.25, 0.3) is 0 Å². The Bertz CT molecular complexity index is 959. The van der Waals surface area contributed by atoms with Crippen molar-refractivity contribution in [3.8, 4) is 0 Å². The molecular weight excluding hydrogens is 288 g/mol.